The van der Waals surface area contributed by atoms with Gasteiger partial charge in [0.1, 0.15) is 13.3 Å². The molecule has 0 atom stereocenters. The third-order valence-corrected chi connectivity index (χ3v) is 1.82. The van der Waals surface area contributed by atoms with Crippen LogP contribution in [0.15, 0.2) is 24.3 Å². The third kappa shape index (κ3) is 6.51. The van der Waals surface area contributed by atoms with Gasteiger partial charge in [-0.1, -0.05) is 12.1 Å². The van der Waals surface area contributed by atoms with Crippen LogP contribution in [0.5, 0.6) is 0 Å². The van der Waals surface area contributed by atoms with Crippen LogP contribution in [-0.4, -0.2) is 31.2 Å². The van der Waals surface area contributed by atoms with Crippen molar-refractivity contribution in [2.45, 2.75) is 6.61 Å². The van der Waals surface area contributed by atoms with Crippen molar-refractivity contribution >= 4 is 12.1 Å². The Bertz CT molecular complexity index is 383. The average Bonchev–Trinajstić information content (AvgIpc) is 2.38. The molecule has 0 aromatic heterocycles. The summed E-state index contributed by atoms with van der Waals surface area (Å²) in [5, 5.41) is 10.8. The minimum Gasteiger partial charge on any atom is -0.364 e. The molecule has 0 aliphatic carbocycles. The van der Waals surface area contributed by atoms with Gasteiger partial charge in [-0.25, -0.2) is 4.89 Å². The molecule has 7 heteroatoms. The summed E-state index contributed by atoms with van der Waals surface area (Å²) in [6, 6.07) is 6.72. The smallest absolute Gasteiger partial charge is 0.364 e. The Morgan fingerprint density at radius 2 is 1.89 bits per heavy atom. The number of hydrogen-bond acceptors (Lipinski definition) is 6. The van der Waals surface area contributed by atoms with Gasteiger partial charge >= 0.3 is 6.15 Å². The van der Waals surface area contributed by atoms with E-state index in [9.17, 15) is 4.79 Å². The van der Waals surface area contributed by atoms with Crippen molar-refractivity contribution in [3.63, 3.8) is 0 Å². The van der Waals surface area contributed by atoms with Crippen molar-refractivity contribution < 1.29 is 29.3 Å². The minimum atomic E-state index is -0.201. The maximum atomic E-state index is 11.4. The molecular weight excluding hydrogens is 242 g/mol. The molecule has 0 heterocycles. The number of rotatable bonds is 5. The van der Waals surface area contributed by atoms with Crippen LogP contribution in [0.1, 0.15) is 15.9 Å². The molecule has 98 valence electrons. The van der Waals surface area contributed by atoms with Crippen LogP contribution in [0.2, 0.25) is 0 Å². The van der Waals surface area contributed by atoms with Crippen LogP contribution in [0, 0.1) is 0 Å². The molecule has 0 radical (unpaired) electrons. The van der Waals surface area contributed by atoms with E-state index in [1.807, 2.05) is 0 Å². The number of carbonyl (C=O) groups is 1. The minimum absolute atomic E-state index is 0.111. The van der Waals surface area contributed by atoms with Gasteiger partial charge in [0.25, 0.3) is 5.91 Å². The molecule has 18 heavy (non-hydrogen) atoms. The third-order valence-electron chi connectivity index (χ3n) is 1.82. The van der Waals surface area contributed by atoms with Crippen LogP contribution in [0.25, 0.3) is 0 Å². The molecule has 0 unspecified atom stereocenters. The summed E-state index contributed by atoms with van der Waals surface area (Å²) in [6.45, 7) is 0.292. The predicted molar refractivity (Wildman–Crippen MR) is 58.2 cm³/mol. The normalized spacial score (nSPS) is 8.78. The maximum absolute atomic E-state index is 11.4. The van der Waals surface area contributed by atoms with E-state index in [1.54, 1.807) is 24.3 Å². The van der Waals surface area contributed by atoms with Gasteiger partial charge in [-0.05, 0) is 17.7 Å². The Morgan fingerprint density at radius 1 is 1.33 bits per heavy atom. The summed E-state index contributed by atoms with van der Waals surface area (Å²) in [7, 11) is 1.50. The summed E-state index contributed by atoms with van der Waals surface area (Å²) in [4.78, 5) is 31.6. The van der Waals surface area contributed by atoms with Gasteiger partial charge in [0.05, 0.1) is 0 Å². The Hall–Kier alpha value is -2.05. The molecule has 7 nitrogen and oxygen atoms in total. The number of benzene rings is 1. The molecule has 0 bridgehead atoms. The van der Waals surface area contributed by atoms with Crippen LogP contribution < -0.4 is 5.32 Å². The quantitative estimate of drug-likeness (QED) is 0.449. The second kappa shape index (κ2) is 10.1. The molecule has 1 aromatic rings. The first-order valence-corrected chi connectivity index (χ1v) is 4.81. The van der Waals surface area contributed by atoms with Crippen LogP contribution in [0.3, 0.4) is 0 Å². The lowest BCUT2D eigenvalue weighted by Gasteiger charge is -2.04. The van der Waals surface area contributed by atoms with E-state index in [-0.39, 0.29) is 25.4 Å². The van der Waals surface area contributed by atoms with Gasteiger partial charge in [-0.15, -0.1) is 0 Å². The SMILES string of the molecule is COCNC(=O)c1ccc(COO)cc1.O=C=O. The van der Waals surface area contributed by atoms with Gasteiger partial charge in [0.15, 0.2) is 0 Å². The topological polar surface area (TPSA) is 102 Å². The van der Waals surface area contributed by atoms with Gasteiger partial charge in [0, 0.05) is 12.7 Å². The molecule has 1 rings (SSSR count). The first kappa shape index (κ1) is 16.0. The lowest BCUT2D eigenvalue weighted by molar-refractivity contribution is -0.253. The lowest BCUT2D eigenvalue weighted by atomic mass is 10.1. The van der Waals surface area contributed by atoms with E-state index >= 15 is 0 Å². The number of ether oxygens (including phenoxy) is 1. The number of hydrogen-bond donors (Lipinski definition) is 2. The Morgan fingerprint density at radius 3 is 2.33 bits per heavy atom. The predicted octanol–water partition coefficient (Wildman–Crippen LogP) is 0.426. The molecule has 1 aromatic carbocycles. The van der Waals surface area contributed by atoms with E-state index in [0.717, 1.165) is 5.56 Å². The molecule has 2 N–H and O–H groups in total. The second-order valence-electron chi connectivity index (χ2n) is 2.99. The van der Waals surface area contributed by atoms with E-state index in [1.165, 1.54) is 7.11 Å². The maximum Gasteiger partial charge on any atom is 0.373 e. The highest BCUT2D eigenvalue weighted by Crippen LogP contribution is 2.05. The van der Waals surface area contributed by atoms with Gasteiger partial charge in [-0.2, -0.15) is 9.59 Å². The summed E-state index contributed by atoms with van der Waals surface area (Å²) in [5.74, 6) is -0.201. The van der Waals surface area contributed by atoms with Gasteiger partial charge in [-0.3, -0.25) is 10.1 Å². The molecule has 0 spiro atoms. The largest absolute Gasteiger partial charge is 0.373 e. The molecule has 0 fully saturated rings. The van der Waals surface area contributed by atoms with Crippen LogP contribution in [-0.2, 0) is 25.8 Å². The Balaban J connectivity index is 0.000000873. The number of amides is 1. The zero-order valence-electron chi connectivity index (χ0n) is 9.71. The Labute approximate surface area is 103 Å². The molecule has 0 aliphatic heterocycles. The standard InChI is InChI=1S/C10H13NO4.CO2/c1-14-7-11-10(12)9-4-2-8(3-5-9)6-15-13;2-1-3/h2-5,13H,6-7H2,1H3,(H,11,12);. The number of methoxy groups -OCH3 is 1. The van der Waals surface area contributed by atoms with E-state index in [0.29, 0.717) is 5.56 Å². The molecule has 1 amide bonds. The fourth-order valence-corrected chi connectivity index (χ4v) is 1.07. The molecule has 0 saturated heterocycles. The van der Waals surface area contributed by atoms with Crippen molar-refractivity contribution in [3.8, 4) is 0 Å². The zero-order chi connectivity index (χ0) is 13.8. The van der Waals surface area contributed by atoms with E-state index in [2.05, 4.69) is 10.2 Å². The first-order chi connectivity index (χ1) is 8.69. The van der Waals surface area contributed by atoms with Gasteiger partial charge < -0.3 is 10.1 Å². The average molecular weight is 255 g/mol. The molecule has 0 saturated carbocycles. The first-order valence-electron chi connectivity index (χ1n) is 4.81. The summed E-state index contributed by atoms with van der Waals surface area (Å²) >= 11 is 0. The fourth-order valence-electron chi connectivity index (χ4n) is 1.07. The molecule has 0 aliphatic rings. The van der Waals surface area contributed by atoms with Crippen LogP contribution in [0.4, 0.5) is 0 Å². The lowest BCUT2D eigenvalue weighted by Crippen LogP contribution is -2.25. The van der Waals surface area contributed by atoms with Crippen molar-refractivity contribution in [2.24, 2.45) is 0 Å². The number of carbonyl (C=O) groups excluding carboxylic acids is 3. The summed E-state index contributed by atoms with van der Waals surface area (Å²) < 4.78 is 4.71. The highest BCUT2D eigenvalue weighted by atomic mass is 17.1. The van der Waals surface area contributed by atoms with Crippen molar-refractivity contribution in [3.05, 3.63) is 35.4 Å². The summed E-state index contributed by atoms with van der Waals surface area (Å²) in [5.41, 5.74) is 1.33. The van der Waals surface area contributed by atoms with E-state index < -0.39 is 0 Å². The van der Waals surface area contributed by atoms with E-state index in [4.69, 9.17) is 19.6 Å². The van der Waals surface area contributed by atoms with Crippen LogP contribution >= 0.6 is 0 Å². The number of nitrogens with one attached hydrogen (secondary N) is 1. The fraction of sp³-hybridized carbons (Fsp3) is 0.273. The van der Waals surface area contributed by atoms with Crippen molar-refractivity contribution in [1.82, 2.24) is 5.32 Å². The van der Waals surface area contributed by atoms with Crippen molar-refractivity contribution in [1.29, 1.82) is 0 Å². The second-order valence-corrected chi connectivity index (χ2v) is 2.99. The highest BCUT2D eigenvalue weighted by Gasteiger charge is 2.03. The molecular formula is C11H13NO6. The van der Waals surface area contributed by atoms with Crippen molar-refractivity contribution in [2.75, 3.05) is 13.8 Å². The monoisotopic (exact) mass is 255 g/mol. The highest BCUT2D eigenvalue weighted by molar-refractivity contribution is 5.94. The summed E-state index contributed by atoms with van der Waals surface area (Å²) in [6.07, 6.45) is 0.250. The zero-order valence-corrected chi connectivity index (χ0v) is 9.71. The van der Waals surface area contributed by atoms with Gasteiger partial charge in [0.2, 0.25) is 0 Å². The Kier molecular flexibility index (Phi) is 8.97.